The van der Waals surface area contributed by atoms with Gasteiger partial charge < -0.3 is 15.0 Å². The zero-order valence-electron chi connectivity index (χ0n) is 18.9. The fraction of sp³-hybridized carbons (Fsp3) is 0.652. The van der Waals surface area contributed by atoms with Crippen LogP contribution in [-0.2, 0) is 9.59 Å². The third-order valence-corrected chi connectivity index (χ3v) is 6.79. The molecule has 0 spiro atoms. The van der Waals surface area contributed by atoms with Crippen LogP contribution in [0.2, 0.25) is 0 Å². The summed E-state index contributed by atoms with van der Waals surface area (Å²) in [6, 6.07) is 1.56. The third kappa shape index (κ3) is 3.53. The lowest BCUT2D eigenvalue weighted by atomic mass is 9.34. The summed E-state index contributed by atoms with van der Waals surface area (Å²) in [5.74, 6) is -1.70. The zero-order chi connectivity index (χ0) is 23.9. The van der Waals surface area contributed by atoms with E-state index in [1.54, 1.807) is 13.0 Å². The van der Waals surface area contributed by atoms with E-state index in [1.165, 1.54) is 11.8 Å². The van der Waals surface area contributed by atoms with E-state index in [4.69, 9.17) is 4.74 Å². The lowest BCUT2D eigenvalue weighted by Crippen LogP contribution is -2.71. The molecule has 0 aromatic heterocycles. The van der Waals surface area contributed by atoms with Crippen LogP contribution in [0.3, 0.4) is 0 Å². The van der Waals surface area contributed by atoms with E-state index in [-0.39, 0.29) is 60.7 Å². The fourth-order valence-electron chi connectivity index (χ4n) is 5.40. The Morgan fingerprint density at radius 1 is 1.25 bits per heavy atom. The number of aryl methyl sites for hydroxylation is 1. The maximum absolute atomic E-state index is 15.4. The van der Waals surface area contributed by atoms with Gasteiger partial charge in [0.1, 0.15) is 0 Å². The van der Waals surface area contributed by atoms with Crippen LogP contribution in [0.25, 0.3) is 0 Å². The summed E-state index contributed by atoms with van der Waals surface area (Å²) < 4.78 is 60.6. The number of hydrogen-bond acceptors (Lipinski definition) is 3. The van der Waals surface area contributed by atoms with E-state index in [2.05, 4.69) is 5.32 Å². The Bertz CT molecular complexity index is 977. The van der Waals surface area contributed by atoms with Gasteiger partial charge in [-0.2, -0.15) is 13.2 Å². The van der Waals surface area contributed by atoms with Gasteiger partial charge in [0.25, 0.3) is 5.91 Å². The first-order chi connectivity index (χ1) is 14.6. The van der Waals surface area contributed by atoms with Crippen molar-refractivity contribution in [2.75, 3.05) is 16.8 Å². The first kappa shape index (κ1) is 22.9. The van der Waals surface area contributed by atoms with Crippen LogP contribution < -0.4 is 15.0 Å². The number of nitrogens with one attached hydrogen (secondary N) is 1. The predicted octanol–water partition coefficient (Wildman–Crippen LogP) is 5.36. The highest BCUT2D eigenvalue weighted by Crippen LogP contribution is 2.78. The number of ether oxygens (including phenoxy) is 1. The van der Waals surface area contributed by atoms with Crippen molar-refractivity contribution in [2.45, 2.75) is 72.6 Å². The SMILES string of the molecule is Cc1cc2c(c(F)c1NC(=O)CC(C)(C)C)O[C@@H](C)C(=O)N2CC12CC(C(F)(F)F)(C1)C2. The topological polar surface area (TPSA) is 58.6 Å². The molecule has 0 saturated heterocycles. The molecule has 1 N–H and O–H groups in total. The summed E-state index contributed by atoms with van der Waals surface area (Å²) in [5, 5.41) is 2.60. The third-order valence-electron chi connectivity index (χ3n) is 6.79. The molecule has 176 valence electrons. The second kappa shape index (κ2) is 6.84. The summed E-state index contributed by atoms with van der Waals surface area (Å²) in [4.78, 5) is 26.5. The van der Waals surface area contributed by atoms with Gasteiger partial charge in [0.2, 0.25) is 5.91 Å². The quantitative estimate of drug-likeness (QED) is 0.621. The largest absolute Gasteiger partial charge is 0.476 e. The normalized spacial score (nSPS) is 29.0. The first-order valence-corrected chi connectivity index (χ1v) is 10.7. The molecule has 1 aromatic carbocycles. The number of nitrogens with zero attached hydrogens (tertiary/aromatic N) is 1. The molecule has 2 amide bonds. The molecule has 5 rings (SSSR count). The van der Waals surface area contributed by atoms with Crippen LogP contribution in [0, 0.1) is 29.0 Å². The zero-order valence-corrected chi connectivity index (χ0v) is 18.9. The number of rotatable bonds is 4. The van der Waals surface area contributed by atoms with Crippen molar-refractivity contribution in [3.8, 4) is 5.75 Å². The Hall–Kier alpha value is -2.32. The second-order valence-corrected chi connectivity index (χ2v) is 11.0. The van der Waals surface area contributed by atoms with Crippen molar-refractivity contribution in [1.82, 2.24) is 0 Å². The Morgan fingerprint density at radius 2 is 1.84 bits per heavy atom. The number of carbonyl (C=O) groups excluding carboxylic acids is 2. The van der Waals surface area contributed by atoms with Crippen LogP contribution in [0.5, 0.6) is 5.75 Å². The maximum atomic E-state index is 15.4. The van der Waals surface area contributed by atoms with E-state index < -0.39 is 34.8 Å². The van der Waals surface area contributed by atoms with E-state index in [0.717, 1.165) is 0 Å². The van der Waals surface area contributed by atoms with Crippen LogP contribution in [0.15, 0.2) is 6.07 Å². The van der Waals surface area contributed by atoms with Gasteiger partial charge in [-0.3, -0.25) is 9.59 Å². The highest BCUT2D eigenvalue weighted by molar-refractivity contribution is 6.01. The van der Waals surface area contributed by atoms with Gasteiger partial charge in [-0.05, 0) is 55.6 Å². The van der Waals surface area contributed by atoms with E-state index in [9.17, 15) is 22.8 Å². The summed E-state index contributed by atoms with van der Waals surface area (Å²) in [6.45, 7) is 8.87. The number of hydrogen-bond donors (Lipinski definition) is 1. The molecule has 0 radical (unpaired) electrons. The molecule has 1 heterocycles. The number of alkyl halides is 3. The predicted molar refractivity (Wildman–Crippen MR) is 111 cm³/mol. The standard InChI is InChI=1S/C23H28F4N2O3/c1-12-6-14-18(16(24)17(12)28-15(30)7-20(3,4)5)32-13(2)19(31)29(14)11-21-8-22(9-21,10-21)23(25,26)27/h6,13H,7-11H2,1-5H3,(H,28,30)/t13-,21?,22?/m0/s1. The molecule has 1 aromatic rings. The molecule has 32 heavy (non-hydrogen) atoms. The smallest absolute Gasteiger partial charge is 0.394 e. The number of benzene rings is 1. The Morgan fingerprint density at radius 3 is 2.38 bits per heavy atom. The van der Waals surface area contributed by atoms with Crippen molar-refractivity contribution < 1.29 is 31.9 Å². The molecule has 2 bridgehead atoms. The van der Waals surface area contributed by atoms with Crippen LogP contribution in [-0.4, -0.2) is 30.6 Å². The monoisotopic (exact) mass is 456 g/mol. The van der Waals surface area contributed by atoms with Crippen molar-refractivity contribution in [3.63, 3.8) is 0 Å². The van der Waals surface area contributed by atoms with Crippen LogP contribution in [0.1, 0.15) is 58.9 Å². The molecule has 1 aliphatic heterocycles. The van der Waals surface area contributed by atoms with Gasteiger partial charge in [-0.15, -0.1) is 0 Å². The fourth-order valence-corrected chi connectivity index (χ4v) is 5.40. The van der Waals surface area contributed by atoms with Crippen molar-refractivity contribution in [1.29, 1.82) is 0 Å². The number of anilines is 2. The lowest BCUT2D eigenvalue weighted by Gasteiger charge is -2.71. The molecule has 3 saturated carbocycles. The van der Waals surface area contributed by atoms with Crippen molar-refractivity contribution in [2.24, 2.45) is 16.2 Å². The highest BCUT2D eigenvalue weighted by atomic mass is 19.4. The minimum atomic E-state index is -4.24. The molecular formula is C23H28F4N2O3. The molecule has 4 aliphatic rings. The number of fused-ring (bicyclic) bond motifs is 1. The molecule has 0 unspecified atom stereocenters. The highest BCUT2D eigenvalue weighted by Gasteiger charge is 2.78. The summed E-state index contributed by atoms with van der Waals surface area (Å²) in [6.07, 6.45) is -5.07. The average molecular weight is 456 g/mol. The molecular weight excluding hydrogens is 428 g/mol. The summed E-state index contributed by atoms with van der Waals surface area (Å²) in [7, 11) is 0. The van der Waals surface area contributed by atoms with E-state index >= 15 is 4.39 Å². The lowest BCUT2D eigenvalue weighted by molar-refractivity contribution is -0.359. The number of amides is 2. The van der Waals surface area contributed by atoms with E-state index in [0.29, 0.717) is 5.56 Å². The number of carbonyl (C=O) groups is 2. The second-order valence-electron chi connectivity index (χ2n) is 11.0. The minimum absolute atomic E-state index is 0.0129. The van der Waals surface area contributed by atoms with Crippen LogP contribution in [0.4, 0.5) is 28.9 Å². The average Bonchev–Trinajstić information content (AvgIpc) is 2.55. The molecule has 3 fully saturated rings. The molecule has 1 atom stereocenters. The van der Waals surface area contributed by atoms with Gasteiger partial charge in [0.05, 0.1) is 16.8 Å². The van der Waals surface area contributed by atoms with Gasteiger partial charge >= 0.3 is 6.18 Å². The van der Waals surface area contributed by atoms with Crippen molar-refractivity contribution >= 4 is 23.2 Å². The summed E-state index contributed by atoms with van der Waals surface area (Å²) >= 11 is 0. The maximum Gasteiger partial charge on any atom is 0.394 e. The molecule has 5 nitrogen and oxygen atoms in total. The molecule has 3 aliphatic carbocycles. The van der Waals surface area contributed by atoms with Crippen molar-refractivity contribution in [3.05, 3.63) is 17.4 Å². The summed E-state index contributed by atoms with van der Waals surface area (Å²) in [5.41, 5.74) is -1.91. The Balaban J connectivity index is 1.61. The Labute approximate surface area is 184 Å². The van der Waals surface area contributed by atoms with Gasteiger partial charge in [-0.25, -0.2) is 4.39 Å². The Kier molecular flexibility index (Phi) is 4.89. The van der Waals surface area contributed by atoms with Gasteiger partial charge in [-0.1, -0.05) is 20.8 Å². The van der Waals surface area contributed by atoms with Crippen LogP contribution >= 0.6 is 0 Å². The van der Waals surface area contributed by atoms with Gasteiger partial charge in [0.15, 0.2) is 17.7 Å². The van der Waals surface area contributed by atoms with Gasteiger partial charge in [0, 0.05) is 13.0 Å². The molecule has 9 heteroatoms. The minimum Gasteiger partial charge on any atom is -0.476 e. The van der Waals surface area contributed by atoms with E-state index in [1.807, 2.05) is 20.8 Å². The first-order valence-electron chi connectivity index (χ1n) is 10.7. The number of halogens is 4.